The van der Waals surface area contributed by atoms with Crippen molar-refractivity contribution in [3.05, 3.63) is 46.3 Å². The van der Waals surface area contributed by atoms with Crippen molar-refractivity contribution in [1.82, 2.24) is 15.6 Å². The molecule has 0 aliphatic carbocycles. The first kappa shape index (κ1) is 21.7. The number of nitrogens with zero attached hydrogens (tertiary/aromatic N) is 2. The molecule has 2 rings (SSSR count). The van der Waals surface area contributed by atoms with Gasteiger partial charge in [0.2, 0.25) is 5.88 Å². The summed E-state index contributed by atoms with van der Waals surface area (Å²) in [7, 11) is 1.59. The molecular weight excluding hydrogens is 451 g/mol. The Morgan fingerprint density at radius 3 is 2.72 bits per heavy atom. The molecule has 0 spiro atoms. The van der Waals surface area contributed by atoms with Gasteiger partial charge in [-0.25, -0.2) is 9.98 Å². The maximum atomic E-state index is 10.6. The van der Waals surface area contributed by atoms with Crippen LogP contribution in [0.5, 0.6) is 5.88 Å². The Hall–Kier alpha value is -1.39. The maximum absolute atomic E-state index is 10.6. The number of guanidine groups is 1. The zero-order valence-electron chi connectivity index (χ0n) is 14.7. The van der Waals surface area contributed by atoms with Gasteiger partial charge in [0, 0.05) is 18.8 Å². The van der Waals surface area contributed by atoms with Crippen molar-refractivity contribution in [3.63, 3.8) is 0 Å². The third-order valence-corrected chi connectivity index (χ3v) is 4.20. The first-order valence-electron chi connectivity index (χ1n) is 7.81. The van der Waals surface area contributed by atoms with Crippen molar-refractivity contribution < 1.29 is 9.84 Å². The lowest BCUT2D eigenvalue weighted by Gasteiger charge is -2.24. The van der Waals surface area contributed by atoms with E-state index in [1.165, 1.54) is 0 Å². The molecule has 3 N–H and O–H groups in total. The number of pyridine rings is 1. The Labute approximate surface area is 169 Å². The van der Waals surface area contributed by atoms with Crippen molar-refractivity contribution in [3.8, 4) is 5.88 Å². The van der Waals surface area contributed by atoms with Crippen LogP contribution >= 0.6 is 35.3 Å². The van der Waals surface area contributed by atoms with Crippen LogP contribution < -0.4 is 15.4 Å². The van der Waals surface area contributed by atoms with Crippen LogP contribution in [0.25, 0.3) is 0 Å². The highest BCUT2D eigenvalue weighted by Gasteiger charge is 2.23. The minimum absolute atomic E-state index is 0. The van der Waals surface area contributed by atoms with Crippen molar-refractivity contribution in [2.24, 2.45) is 4.99 Å². The number of hydrogen-bond donors (Lipinski definition) is 3. The molecule has 1 unspecified atom stereocenters. The van der Waals surface area contributed by atoms with E-state index in [0.29, 0.717) is 24.9 Å². The van der Waals surface area contributed by atoms with E-state index in [1.807, 2.05) is 35.9 Å². The molecule has 1 atom stereocenters. The number of thiophene rings is 1. The summed E-state index contributed by atoms with van der Waals surface area (Å²) in [5.41, 5.74) is 0.936. The van der Waals surface area contributed by atoms with Gasteiger partial charge >= 0.3 is 0 Å². The van der Waals surface area contributed by atoms with E-state index in [9.17, 15) is 5.11 Å². The van der Waals surface area contributed by atoms with E-state index < -0.39 is 5.60 Å². The predicted molar refractivity (Wildman–Crippen MR) is 113 cm³/mol. The van der Waals surface area contributed by atoms with Crippen molar-refractivity contribution >= 4 is 41.3 Å². The molecule has 0 radical (unpaired) electrons. The van der Waals surface area contributed by atoms with Gasteiger partial charge in [-0.2, -0.15) is 11.3 Å². The second-order valence-electron chi connectivity index (χ2n) is 5.54. The maximum Gasteiger partial charge on any atom is 0.212 e. The molecule has 25 heavy (non-hydrogen) atoms. The molecule has 0 fully saturated rings. The van der Waals surface area contributed by atoms with E-state index in [1.54, 1.807) is 31.6 Å². The highest BCUT2D eigenvalue weighted by Crippen LogP contribution is 2.21. The molecule has 0 aliphatic rings. The van der Waals surface area contributed by atoms with Crippen LogP contribution in [0.2, 0.25) is 0 Å². The molecule has 0 bridgehead atoms. The highest BCUT2D eigenvalue weighted by molar-refractivity contribution is 14.0. The average Bonchev–Trinajstić information content (AvgIpc) is 3.13. The number of methoxy groups -OCH3 is 1. The zero-order chi connectivity index (χ0) is 17.4. The van der Waals surface area contributed by atoms with Gasteiger partial charge < -0.3 is 20.5 Å². The van der Waals surface area contributed by atoms with Crippen molar-refractivity contribution in [2.75, 3.05) is 20.2 Å². The number of aliphatic hydroxyl groups is 1. The predicted octanol–water partition coefficient (Wildman–Crippen LogP) is 2.73. The van der Waals surface area contributed by atoms with E-state index in [0.717, 1.165) is 17.7 Å². The van der Waals surface area contributed by atoms with Crippen LogP contribution in [0.4, 0.5) is 0 Å². The van der Waals surface area contributed by atoms with Gasteiger partial charge in [-0.15, -0.1) is 24.0 Å². The van der Waals surface area contributed by atoms with Gasteiger partial charge in [-0.1, -0.05) is 6.07 Å². The van der Waals surface area contributed by atoms with Crippen LogP contribution in [-0.4, -0.2) is 36.2 Å². The molecule has 8 heteroatoms. The second-order valence-corrected chi connectivity index (χ2v) is 6.32. The van der Waals surface area contributed by atoms with Crippen molar-refractivity contribution in [2.45, 2.75) is 26.0 Å². The minimum atomic E-state index is -0.947. The van der Waals surface area contributed by atoms with Crippen LogP contribution in [0.3, 0.4) is 0 Å². The van der Waals surface area contributed by atoms with Gasteiger partial charge in [0.1, 0.15) is 5.60 Å². The van der Waals surface area contributed by atoms with Gasteiger partial charge in [0.25, 0.3) is 0 Å². The molecule has 138 valence electrons. The topological polar surface area (TPSA) is 78.8 Å². The number of halogens is 1. The van der Waals surface area contributed by atoms with E-state index in [2.05, 4.69) is 20.6 Å². The lowest BCUT2D eigenvalue weighted by atomic mass is 9.99. The minimum Gasteiger partial charge on any atom is -0.481 e. The summed E-state index contributed by atoms with van der Waals surface area (Å²) in [5.74, 6) is 1.24. The molecule has 0 saturated heterocycles. The van der Waals surface area contributed by atoms with Crippen LogP contribution in [0, 0.1) is 0 Å². The zero-order valence-corrected chi connectivity index (χ0v) is 17.8. The van der Waals surface area contributed by atoms with Gasteiger partial charge in [0.15, 0.2) is 5.96 Å². The highest BCUT2D eigenvalue weighted by atomic mass is 127. The van der Waals surface area contributed by atoms with E-state index >= 15 is 0 Å². The molecule has 0 amide bonds. The van der Waals surface area contributed by atoms with Gasteiger partial charge in [0.05, 0.1) is 20.2 Å². The Kier molecular flexibility index (Phi) is 9.15. The fourth-order valence-electron chi connectivity index (χ4n) is 2.07. The molecule has 6 nitrogen and oxygen atoms in total. The first-order chi connectivity index (χ1) is 11.5. The summed E-state index contributed by atoms with van der Waals surface area (Å²) in [6, 6.07) is 5.67. The van der Waals surface area contributed by atoms with Gasteiger partial charge in [-0.05, 0) is 41.8 Å². The SMILES string of the molecule is CCNC(=NCc1ccc(OC)nc1)NCC(C)(O)c1ccsc1.I. The van der Waals surface area contributed by atoms with E-state index in [4.69, 9.17) is 4.74 Å². The largest absolute Gasteiger partial charge is 0.481 e. The number of hydrogen-bond acceptors (Lipinski definition) is 5. The van der Waals surface area contributed by atoms with Crippen LogP contribution in [0.15, 0.2) is 40.1 Å². The molecule has 2 heterocycles. The average molecular weight is 476 g/mol. The lowest BCUT2D eigenvalue weighted by molar-refractivity contribution is 0.0621. The third kappa shape index (κ3) is 6.79. The number of aromatic nitrogens is 1. The van der Waals surface area contributed by atoms with Gasteiger partial charge in [-0.3, -0.25) is 0 Å². The normalized spacial score (nSPS) is 13.5. The second kappa shape index (κ2) is 10.6. The third-order valence-electron chi connectivity index (χ3n) is 3.51. The number of nitrogens with one attached hydrogen (secondary N) is 2. The summed E-state index contributed by atoms with van der Waals surface area (Å²) in [4.78, 5) is 8.70. The molecule has 2 aromatic heterocycles. The Morgan fingerprint density at radius 1 is 1.36 bits per heavy atom. The Morgan fingerprint density at radius 2 is 2.16 bits per heavy atom. The fraction of sp³-hybridized carbons (Fsp3) is 0.412. The molecule has 0 saturated carbocycles. The number of aliphatic imine (C=N–C) groups is 1. The van der Waals surface area contributed by atoms with Crippen LogP contribution in [0.1, 0.15) is 25.0 Å². The monoisotopic (exact) mass is 476 g/mol. The van der Waals surface area contributed by atoms with Crippen LogP contribution in [-0.2, 0) is 12.1 Å². The molecule has 0 aliphatic heterocycles. The molecule has 0 aromatic carbocycles. The lowest BCUT2D eigenvalue weighted by Crippen LogP contribution is -2.44. The fourth-order valence-corrected chi connectivity index (χ4v) is 2.85. The number of rotatable bonds is 7. The summed E-state index contributed by atoms with van der Waals surface area (Å²) in [6.07, 6.45) is 1.74. The molecule has 2 aromatic rings. The summed E-state index contributed by atoms with van der Waals surface area (Å²) in [5, 5.41) is 20.9. The summed E-state index contributed by atoms with van der Waals surface area (Å²) < 4.78 is 5.05. The van der Waals surface area contributed by atoms with E-state index in [-0.39, 0.29) is 24.0 Å². The standard InChI is InChI=1S/C17H24N4O2S.HI/c1-4-18-16(20-10-13-5-6-15(23-3)19-9-13)21-12-17(2,22)14-7-8-24-11-14;/h5-9,11,22H,4,10,12H2,1-3H3,(H2,18,20,21);1H. The quantitative estimate of drug-likeness (QED) is 0.326. The smallest absolute Gasteiger partial charge is 0.212 e. The number of ether oxygens (including phenoxy) is 1. The Bertz CT molecular complexity index is 645. The summed E-state index contributed by atoms with van der Waals surface area (Å²) >= 11 is 1.57. The summed E-state index contributed by atoms with van der Waals surface area (Å²) in [6.45, 7) is 5.40. The molecular formula is C17H25IN4O2S. The first-order valence-corrected chi connectivity index (χ1v) is 8.75. The Balaban J connectivity index is 0.00000312. The van der Waals surface area contributed by atoms with Crippen molar-refractivity contribution in [1.29, 1.82) is 0 Å².